The van der Waals surface area contributed by atoms with E-state index in [1.54, 1.807) is 18.2 Å². The molecule has 0 saturated heterocycles. The molecule has 6 aromatic carbocycles. The lowest BCUT2D eigenvalue weighted by Crippen LogP contribution is -2.03. The van der Waals surface area contributed by atoms with Gasteiger partial charge < -0.3 is 0 Å². The zero-order valence-electron chi connectivity index (χ0n) is 51.0. The average molecular weight is 1050 g/mol. The van der Waals surface area contributed by atoms with Crippen LogP contribution in [0.1, 0.15) is 187 Å². The Balaban J connectivity index is 0.000000450. The summed E-state index contributed by atoms with van der Waals surface area (Å²) >= 11 is 0. The Hall–Kier alpha value is -5.74. The van der Waals surface area contributed by atoms with Crippen LogP contribution < -0.4 is 0 Å². The summed E-state index contributed by atoms with van der Waals surface area (Å²) < 4.78 is 39.4. The van der Waals surface area contributed by atoms with Crippen molar-refractivity contribution in [3.05, 3.63) is 245 Å². The molecule has 0 spiro atoms. The van der Waals surface area contributed by atoms with Crippen LogP contribution >= 0.6 is 0 Å². The Kier molecular flexibility index (Phi) is 35.6. The number of pyridine rings is 1. The van der Waals surface area contributed by atoms with Gasteiger partial charge in [-0.15, -0.1) is 0 Å². The molecular weight excluding hydrogens is 948 g/mol. The van der Waals surface area contributed by atoms with Crippen molar-refractivity contribution in [3.8, 4) is 0 Å². The highest BCUT2D eigenvalue weighted by Crippen LogP contribution is 2.27. The molecule has 0 amide bonds. The van der Waals surface area contributed by atoms with Crippen molar-refractivity contribution in [2.24, 2.45) is 41.4 Å². The lowest BCUT2D eigenvalue weighted by atomic mass is 9.90. The summed E-state index contributed by atoms with van der Waals surface area (Å²) in [7, 11) is 0. The number of benzene rings is 6. The summed E-state index contributed by atoms with van der Waals surface area (Å²) in [6.45, 7) is 39.2. The van der Waals surface area contributed by atoms with E-state index in [-0.39, 0.29) is 17.5 Å². The van der Waals surface area contributed by atoms with Gasteiger partial charge in [0, 0.05) is 11.9 Å². The summed E-state index contributed by atoms with van der Waals surface area (Å²) in [5, 5.41) is 0. The molecule has 0 bridgehead atoms. The maximum atomic E-state index is 13.2. The summed E-state index contributed by atoms with van der Waals surface area (Å²) in [6.07, 6.45) is 4.95. The molecule has 0 radical (unpaired) electrons. The molecule has 0 aliphatic rings. The van der Waals surface area contributed by atoms with Crippen LogP contribution in [-0.2, 0) is 19.3 Å². The Morgan fingerprint density at radius 3 is 0.948 bits per heavy atom. The predicted octanol–water partition coefficient (Wildman–Crippen LogP) is 22.3. The van der Waals surface area contributed by atoms with E-state index in [4.69, 9.17) is 0 Å². The van der Waals surface area contributed by atoms with Gasteiger partial charge in [-0.1, -0.05) is 276 Å². The van der Waals surface area contributed by atoms with Crippen LogP contribution in [0.3, 0.4) is 0 Å². The molecular formula is C73H102F3N. The quantitative estimate of drug-likeness (QED) is 0.106. The third-order valence-electron chi connectivity index (χ3n) is 13.9. The lowest BCUT2D eigenvalue weighted by molar-refractivity contribution is 0.501. The second kappa shape index (κ2) is 39.6. The van der Waals surface area contributed by atoms with Gasteiger partial charge in [-0.25, -0.2) is 13.2 Å². The fraction of sp³-hybridized carbons (Fsp3) is 0.438. The molecule has 77 heavy (non-hydrogen) atoms. The third kappa shape index (κ3) is 30.7. The minimum atomic E-state index is -0.0845. The maximum absolute atomic E-state index is 13.2. The number of halogens is 3. The molecule has 0 saturated carbocycles. The highest BCUT2D eigenvalue weighted by atomic mass is 19.1. The van der Waals surface area contributed by atoms with Crippen LogP contribution in [0.4, 0.5) is 13.2 Å². The first kappa shape index (κ1) is 69.3. The Morgan fingerprint density at radius 2 is 0.623 bits per heavy atom. The SMILES string of the molecule is CC(C)Cc1ccccc1.CC(C)Cc1ccccc1F.CC(C)Cc1ccccn1.CC(C)[C@@H](C)c1ccccc1.CC(C)[C@@H](C)c1ccccc1F.CC(C)[C@H](C)c1ccccc1.CC(C)[C@H](C)c1ccccc1F. The van der Waals surface area contributed by atoms with Crippen molar-refractivity contribution in [1.29, 1.82) is 0 Å². The van der Waals surface area contributed by atoms with Crippen molar-refractivity contribution >= 4 is 0 Å². The van der Waals surface area contributed by atoms with E-state index in [0.717, 1.165) is 47.3 Å². The molecule has 1 aromatic heterocycles. The number of hydrogen-bond donors (Lipinski definition) is 0. The van der Waals surface area contributed by atoms with Gasteiger partial charge >= 0.3 is 0 Å². The fourth-order valence-electron chi connectivity index (χ4n) is 7.82. The minimum absolute atomic E-state index is 0.0822. The van der Waals surface area contributed by atoms with E-state index in [1.807, 2.05) is 54.7 Å². The first-order valence-electron chi connectivity index (χ1n) is 28.7. The van der Waals surface area contributed by atoms with E-state index in [2.05, 4.69) is 227 Å². The molecule has 0 fully saturated rings. The van der Waals surface area contributed by atoms with E-state index in [1.165, 1.54) is 47.0 Å². The third-order valence-corrected chi connectivity index (χ3v) is 13.9. The van der Waals surface area contributed by atoms with Crippen LogP contribution in [0.25, 0.3) is 0 Å². The van der Waals surface area contributed by atoms with E-state index < -0.39 is 0 Å². The van der Waals surface area contributed by atoms with Gasteiger partial charge in [-0.3, -0.25) is 4.98 Å². The van der Waals surface area contributed by atoms with Gasteiger partial charge in [0.1, 0.15) is 17.5 Å². The molecule has 420 valence electrons. The van der Waals surface area contributed by atoms with Gasteiger partial charge in [-0.2, -0.15) is 0 Å². The molecule has 0 aliphatic carbocycles. The van der Waals surface area contributed by atoms with Crippen LogP contribution in [0.2, 0.25) is 0 Å². The first-order valence-corrected chi connectivity index (χ1v) is 28.7. The highest BCUT2D eigenvalue weighted by molar-refractivity contribution is 5.24. The number of nitrogens with zero attached hydrogens (tertiary/aromatic N) is 1. The molecule has 7 rings (SSSR count). The fourth-order valence-corrected chi connectivity index (χ4v) is 7.82. The minimum Gasteiger partial charge on any atom is -0.261 e. The zero-order chi connectivity index (χ0) is 57.9. The Bertz CT molecular complexity index is 2330. The van der Waals surface area contributed by atoms with Gasteiger partial charge in [0.05, 0.1) is 0 Å². The van der Waals surface area contributed by atoms with Crippen LogP contribution in [-0.4, -0.2) is 4.98 Å². The van der Waals surface area contributed by atoms with Crippen LogP contribution in [0, 0.1) is 58.9 Å². The van der Waals surface area contributed by atoms with Crippen molar-refractivity contribution in [3.63, 3.8) is 0 Å². The van der Waals surface area contributed by atoms with Crippen molar-refractivity contribution in [2.45, 2.75) is 168 Å². The van der Waals surface area contributed by atoms with Crippen molar-refractivity contribution < 1.29 is 13.2 Å². The Morgan fingerprint density at radius 1 is 0.299 bits per heavy atom. The molecule has 4 heteroatoms. The normalized spacial score (nSPS) is 12.2. The molecule has 0 N–H and O–H groups in total. The standard InChI is InChI=1S/2C11H15F.2C11H16.C10H13F.C10H14.C9H13N/c2*1-8(2)9(3)10-6-4-5-7-11(10)12;2*1-9(2)10(3)11-7-5-4-6-8-11;1-8(2)7-9-5-3-4-6-10(9)11;1-9(2)8-10-6-4-3-5-7-10;1-8(2)7-9-5-3-4-6-10-9/h2*4-9H,1-3H3;2*4-10H,1-3H3;3-6,8H,7H2,1-2H3;3-7,9H,8H2,1-2H3;3-6,8H,7H2,1-2H3/t2*9-;2*10-;;;/m1010.../s1. The summed E-state index contributed by atoms with van der Waals surface area (Å²) in [5.74, 6) is 6.13. The van der Waals surface area contributed by atoms with Gasteiger partial charge in [0.25, 0.3) is 0 Å². The highest BCUT2D eigenvalue weighted by Gasteiger charge is 2.14. The molecule has 4 atom stereocenters. The average Bonchev–Trinajstić information content (AvgIpc) is 3.40. The number of aromatic nitrogens is 1. The second-order valence-corrected chi connectivity index (χ2v) is 23.2. The summed E-state index contributed by atoms with van der Waals surface area (Å²) in [5.41, 5.74) is 8.00. The van der Waals surface area contributed by atoms with Gasteiger partial charge in [-0.05, 0) is 148 Å². The summed E-state index contributed by atoms with van der Waals surface area (Å²) in [4.78, 5) is 4.22. The van der Waals surface area contributed by atoms with E-state index in [0.29, 0.717) is 47.3 Å². The predicted molar refractivity (Wildman–Crippen MR) is 331 cm³/mol. The summed E-state index contributed by atoms with van der Waals surface area (Å²) in [6, 6.07) is 59.0. The number of rotatable bonds is 14. The maximum Gasteiger partial charge on any atom is 0.126 e. The molecule has 0 aliphatic heterocycles. The zero-order valence-corrected chi connectivity index (χ0v) is 51.0. The largest absolute Gasteiger partial charge is 0.261 e. The first-order chi connectivity index (χ1) is 36.5. The smallest absolute Gasteiger partial charge is 0.126 e. The monoisotopic (exact) mass is 1050 g/mol. The van der Waals surface area contributed by atoms with Crippen molar-refractivity contribution in [1.82, 2.24) is 4.98 Å². The second-order valence-electron chi connectivity index (χ2n) is 23.2. The molecule has 7 aromatic rings. The molecule has 1 heterocycles. The number of hydrogen-bond acceptors (Lipinski definition) is 1. The van der Waals surface area contributed by atoms with Crippen LogP contribution in [0.5, 0.6) is 0 Å². The Labute approximate surface area is 469 Å². The van der Waals surface area contributed by atoms with Crippen LogP contribution in [0.15, 0.2) is 188 Å². The lowest BCUT2D eigenvalue weighted by Gasteiger charge is -2.16. The topological polar surface area (TPSA) is 12.9 Å². The van der Waals surface area contributed by atoms with Crippen molar-refractivity contribution in [2.75, 3.05) is 0 Å². The molecule has 1 nitrogen and oxygen atoms in total. The molecule has 0 unspecified atom stereocenters. The van der Waals surface area contributed by atoms with Gasteiger partial charge in [0.2, 0.25) is 0 Å². The van der Waals surface area contributed by atoms with Gasteiger partial charge in [0.15, 0.2) is 0 Å². The van der Waals surface area contributed by atoms with E-state index >= 15 is 0 Å². The van der Waals surface area contributed by atoms with E-state index in [9.17, 15) is 13.2 Å².